The van der Waals surface area contributed by atoms with Crippen molar-refractivity contribution in [1.29, 1.82) is 0 Å². The monoisotopic (exact) mass is 277 g/mol. The number of likely N-dealkylation sites (N-methyl/N-ethyl adjacent to an activating group) is 1. The number of nitrogens with zero attached hydrogens (tertiary/aromatic N) is 1. The number of aliphatic hydroxyl groups is 1. The van der Waals surface area contributed by atoms with E-state index < -0.39 is 0 Å². The highest BCUT2D eigenvalue weighted by molar-refractivity contribution is 5.92. The maximum atomic E-state index is 12.0. The van der Waals surface area contributed by atoms with Crippen LogP contribution in [0.4, 0.5) is 11.4 Å². The van der Waals surface area contributed by atoms with Crippen LogP contribution in [0.25, 0.3) is 0 Å². The van der Waals surface area contributed by atoms with Crippen LogP contribution in [-0.4, -0.2) is 41.7 Å². The number of rotatable bonds is 4. The van der Waals surface area contributed by atoms with Crippen molar-refractivity contribution in [3.8, 4) is 0 Å². The summed E-state index contributed by atoms with van der Waals surface area (Å²) in [5.74, 6) is -0.0740. The molecule has 1 aliphatic carbocycles. The molecule has 1 saturated carbocycles. The first-order valence-electron chi connectivity index (χ1n) is 7.10. The number of nitrogens with two attached hydrogens (primary N) is 1. The van der Waals surface area contributed by atoms with E-state index in [1.165, 1.54) is 0 Å². The van der Waals surface area contributed by atoms with Crippen molar-refractivity contribution in [3.63, 3.8) is 0 Å². The Morgan fingerprint density at radius 2 is 2.00 bits per heavy atom. The van der Waals surface area contributed by atoms with E-state index in [-0.39, 0.29) is 24.6 Å². The predicted octanol–water partition coefficient (Wildman–Crippen LogP) is 1.44. The topological polar surface area (TPSA) is 78.6 Å². The lowest BCUT2D eigenvalue weighted by Crippen LogP contribution is -2.46. The minimum atomic E-state index is -0.321. The first-order valence-corrected chi connectivity index (χ1v) is 7.10. The Morgan fingerprint density at radius 3 is 2.65 bits per heavy atom. The van der Waals surface area contributed by atoms with E-state index in [1.54, 1.807) is 24.3 Å². The minimum Gasteiger partial charge on any atom is -0.399 e. The summed E-state index contributed by atoms with van der Waals surface area (Å²) in [6, 6.07) is 7.15. The zero-order valence-electron chi connectivity index (χ0n) is 11.9. The van der Waals surface area contributed by atoms with Crippen molar-refractivity contribution >= 4 is 17.3 Å². The van der Waals surface area contributed by atoms with Crippen molar-refractivity contribution in [2.24, 2.45) is 0 Å². The lowest BCUT2D eigenvalue weighted by atomic mass is 9.91. The number of hydrogen-bond donors (Lipinski definition) is 3. The fraction of sp³-hybridized carbons (Fsp3) is 0.533. The average molecular weight is 277 g/mol. The van der Waals surface area contributed by atoms with Gasteiger partial charge in [0.05, 0.1) is 12.6 Å². The molecule has 0 aliphatic heterocycles. The molecule has 1 amide bonds. The van der Waals surface area contributed by atoms with Gasteiger partial charge in [-0.2, -0.15) is 0 Å². The van der Waals surface area contributed by atoms with Gasteiger partial charge in [-0.25, -0.2) is 0 Å². The van der Waals surface area contributed by atoms with Gasteiger partial charge in [0.25, 0.3) is 0 Å². The number of nitrogens with one attached hydrogen (secondary N) is 1. The Bertz CT molecular complexity index is 447. The first-order chi connectivity index (χ1) is 9.56. The molecule has 0 heterocycles. The van der Waals surface area contributed by atoms with Gasteiger partial charge in [0, 0.05) is 17.4 Å². The second-order valence-electron chi connectivity index (χ2n) is 5.50. The summed E-state index contributed by atoms with van der Waals surface area (Å²) in [6.45, 7) is 0.284. The molecule has 5 nitrogen and oxygen atoms in total. The number of carbonyl (C=O) groups is 1. The lowest BCUT2D eigenvalue weighted by molar-refractivity contribution is -0.118. The molecule has 2 unspecified atom stereocenters. The van der Waals surface area contributed by atoms with E-state index in [0.717, 1.165) is 31.4 Å². The number of amides is 1. The third kappa shape index (κ3) is 3.95. The average Bonchev–Trinajstić information content (AvgIpc) is 2.41. The Balaban J connectivity index is 1.85. The molecule has 0 saturated heterocycles. The zero-order valence-corrected chi connectivity index (χ0v) is 11.9. The highest BCUT2D eigenvalue weighted by Crippen LogP contribution is 2.22. The van der Waals surface area contributed by atoms with Crippen molar-refractivity contribution in [1.82, 2.24) is 4.90 Å². The summed E-state index contributed by atoms with van der Waals surface area (Å²) in [5.41, 5.74) is 7.01. The van der Waals surface area contributed by atoms with Gasteiger partial charge in [-0.1, -0.05) is 12.8 Å². The molecular weight excluding hydrogens is 254 g/mol. The van der Waals surface area contributed by atoms with Gasteiger partial charge in [-0.15, -0.1) is 0 Å². The number of hydrogen-bond acceptors (Lipinski definition) is 4. The maximum absolute atomic E-state index is 12.0. The molecule has 4 N–H and O–H groups in total. The Kier molecular flexibility index (Phi) is 4.98. The van der Waals surface area contributed by atoms with E-state index in [2.05, 4.69) is 5.32 Å². The van der Waals surface area contributed by atoms with Crippen molar-refractivity contribution in [2.45, 2.75) is 37.8 Å². The maximum Gasteiger partial charge on any atom is 0.238 e. The van der Waals surface area contributed by atoms with Gasteiger partial charge >= 0.3 is 0 Å². The molecule has 5 heteroatoms. The number of carbonyl (C=O) groups excluding carboxylic acids is 1. The fourth-order valence-electron chi connectivity index (χ4n) is 2.72. The molecule has 0 bridgehead atoms. The van der Waals surface area contributed by atoms with Crippen LogP contribution in [0, 0.1) is 0 Å². The normalized spacial score (nSPS) is 22.8. The van der Waals surface area contributed by atoms with Crippen LogP contribution in [0.2, 0.25) is 0 Å². The van der Waals surface area contributed by atoms with E-state index in [9.17, 15) is 9.90 Å². The molecule has 1 aromatic carbocycles. The highest BCUT2D eigenvalue weighted by atomic mass is 16.3. The Hall–Kier alpha value is -1.59. The molecule has 20 heavy (non-hydrogen) atoms. The fourth-order valence-corrected chi connectivity index (χ4v) is 2.72. The standard InChI is InChI=1S/C15H23N3O2/c1-18(13-4-2-3-5-14(13)19)10-15(20)17-12-8-6-11(16)7-9-12/h6-9,13-14,19H,2-5,10,16H2,1H3,(H,17,20). The van der Waals surface area contributed by atoms with Crippen LogP contribution < -0.4 is 11.1 Å². The minimum absolute atomic E-state index is 0.0740. The number of anilines is 2. The van der Waals surface area contributed by atoms with E-state index >= 15 is 0 Å². The lowest BCUT2D eigenvalue weighted by Gasteiger charge is -2.34. The molecule has 0 aromatic heterocycles. The van der Waals surface area contributed by atoms with Gasteiger partial charge < -0.3 is 16.2 Å². The largest absolute Gasteiger partial charge is 0.399 e. The molecule has 0 spiro atoms. The number of aliphatic hydroxyl groups excluding tert-OH is 1. The molecule has 1 aliphatic rings. The second-order valence-corrected chi connectivity index (χ2v) is 5.50. The van der Waals surface area contributed by atoms with Crippen LogP contribution in [0.3, 0.4) is 0 Å². The third-order valence-electron chi connectivity index (χ3n) is 3.85. The molecule has 1 aromatic rings. The molecule has 110 valence electrons. The van der Waals surface area contributed by atoms with Crippen molar-refractivity contribution < 1.29 is 9.90 Å². The number of benzene rings is 1. The smallest absolute Gasteiger partial charge is 0.238 e. The third-order valence-corrected chi connectivity index (χ3v) is 3.85. The van der Waals surface area contributed by atoms with E-state index in [4.69, 9.17) is 5.73 Å². The Morgan fingerprint density at radius 1 is 1.35 bits per heavy atom. The highest BCUT2D eigenvalue weighted by Gasteiger charge is 2.27. The summed E-state index contributed by atoms with van der Waals surface area (Å²) in [5, 5.41) is 12.8. The zero-order chi connectivity index (χ0) is 14.5. The number of nitrogen functional groups attached to an aromatic ring is 1. The van der Waals surface area contributed by atoms with E-state index in [0.29, 0.717) is 5.69 Å². The summed E-state index contributed by atoms with van der Waals surface area (Å²) in [6.07, 6.45) is 3.65. The predicted molar refractivity (Wildman–Crippen MR) is 80.4 cm³/mol. The van der Waals surface area contributed by atoms with Crippen molar-refractivity contribution in [2.75, 3.05) is 24.6 Å². The van der Waals surface area contributed by atoms with E-state index in [1.807, 2.05) is 11.9 Å². The summed E-state index contributed by atoms with van der Waals surface area (Å²) in [7, 11) is 1.89. The molecule has 2 rings (SSSR count). The van der Waals surface area contributed by atoms with Crippen LogP contribution in [0.1, 0.15) is 25.7 Å². The van der Waals surface area contributed by atoms with Crippen LogP contribution in [-0.2, 0) is 4.79 Å². The van der Waals surface area contributed by atoms with Gasteiger partial charge in [0.1, 0.15) is 0 Å². The molecule has 0 radical (unpaired) electrons. The molecule has 2 atom stereocenters. The van der Waals surface area contributed by atoms with Gasteiger partial charge in [-0.05, 0) is 44.2 Å². The first kappa shape index (κ1) is 14.8. The summed E-state index contributed by atoms with van der Waals surface area (Å²) < 4.78 is 0. The van der Waals surface area contributed by atoms with Crippen molar-refractivity contribution in [3.05, 3.63) is 24.3 Å². The van der Waals surface area contributed by atoms with Crippen LogP contribution in [0.5, 0.6) is 0 Å². The van der Waals surface area contributed by atoms with Crippen LogP contribution in [0.15, 0.2) is 24.3 Å². The second kappa shape index (κ2) is 6.72. The summed E-state index contributed by atoms with van der Waals surface area (Å²) in [4.78, 5) is 13.9. The Labute approximate surface area is 119 Å². The van der Waals surface area contributed by atoms with Gasteiger partial charge in [0.15, 0.2) is 0 Å². The summed E-state index contributed by atoms with van der Waals surface area (Å²) >= 11 is 0. The SMILES string of the molecule is CN(CC(=O)Nc1ccc(N)cc1)C1CCCCC1O. The van der Waals surface area contributed by atoms with Gasteiger partial charge in [-0.3, -0.25) is 9.69 Å². The quantitative estimate of drug-likeness (QED) is 0.728. The van der Waals surface area contributed by atoms with Crippen LogP contribution >= 0.6 is 0 Å². The molecular formula is C15H23N3O2. The molecule has 1 fully saturated rings. The van der Waals surface area contributed by atoms with Gasteiger partial charge in [0.2, 0.25) is 5.91 Å².